The van der Waals surface area contributed by atoms with Crippen LogP contribution in [0.3, 0.4) is 0 Å². The zero-order valence-electron chi connectivity index (χ0n) is 12.1. The van der Waals surface area contributed by atoms with Crippen molar-refractivity contribution in [1.82, 2.24) is 14.9 Å². The van der Waals surface area contributed by atoms with Crippen LogP contribution in [0.2, 0.25) is 0 Å². The van der Waals surface area contributed by atoms with E-state index in [9.17, 15) is 0 Å². The van der Waals surface area contributed by atoms with E-state index in [1.807, 2.05) is 12.1 Å². The minimum atomic E-state index is 0.618. The van der Waals surface area contributed by atoms with E-state index in [2.05, 4.69) is 16.0 Å². The van der Waals surface area contributed by atoms with Gasteiger partial charge in [-0.3, -0.25) is 0 Å². The van der Waals surface area contributed by atoms with Gasteiger partial charge in [0.15, 0.2) is 0 Å². The van der Waals surface area contributed by atoms with Crippen LogP contribution >= 0.6 is 0 Å². The van der Waals surface area contributed by atoms with E-state index < -0.39 is 0 Å². The lowest BCUT2D eigenvalue weighted by Gasteiger charge is -2.08. The molecule has 0 atom stereocenters. The summed E-state index contributed by atoms with van der Waals surface area (Å²) in [5.74, 6) is 1.96. The van der Waals surface area contributed by atoms with Crippen molar-refractivity contribution in [1.29, 1.82) is 0 Å². The summed E-state index contributed by atoms with van der Waals surface area (Å²) in [5.41, 5.74) is 2.22. The average Bonchev–Trinajstić information content (AvgIpc) is 3.24. The lowest BCUT2D eigenvalue weighted by molar-refractivity contribution is 0.199. The molecule has 20 heavy (non-hydrogen) atoms. The first-order chi connectivity index (χ1) is 9.83. The first kappa shape index (κ1) is 13.4. The zero-order valence-corrected chi connectivity index (χ0v) is 12.1. The Morgan fingerprint density at radius 2 is 2.20 bits per heavy atom. The summed E-state index contributed by atoms with van der Waals surface area (Å²) in [6, 6.07) is 6.74. The van der Waals surface area contributed by atoms with Crippen molar-refractivity contribution in [2.75, 3.05) is 27.4 Å². The standard InChI is InChI=1S/C15H21N3O2/c1-19-8-7-16-10-15-17-13-9-12(20-2)5-6-14(13)18(15)11-3-4-11/h5-6,9,11,16H,3-4,7-8,10H2,1-2H3. The Kier molecular flexibility index (Phi) is 3.89. The second kappa shape index (κ2) is 5.81. The minimum Gasteiger partial charge on any atom is -0.497 e. The number of rotatable bonds is 7. The van der Waals surface area contributed by atoms with Crippen LogP contribution in [-0.4, -0.2) is 36.9 Å². The van der Waals surface area contributed by atoms with Gasteiger partial charge in [0, 0.05) is 25.8 Å². The van der Waals surface area contributed by atoms with Crippen molar-refractivity contribution in [3.63, 3.8) is 0 Å². The predicted octanol–water partition coefficient (Wildman–Crippen LogP) is 2.12. The molecule has 5 heteroatoms. The lowest BCUT2D eigenvalue weighted by atomic mass is 10.3. The van der Waals surface area contributed by atoms with Gasteiger partial charge in [-0.2, -0.15) is 0 Å². The molecule has 0 bridgehead atoms. The SMILES string of the molecule is COCCNCc1nc2cc(OC)ccc2n1C1CC1. The van der Waals surface area contributed by atoms with Crippen molar-refractivity contribution < 1.29 is 9.47 Å². The van der Waals surface area contributed by atoms with Crippen LogP contribution < -0.4 is 10.1 Å². The number of nitrogens with one attached hydrogen (secondary N) is 1. The number of ether oxygens (including phenoxy) is 2. The Balaban J connectivity index is 1.87. The topological polar surface area (TPSA) is 48.3 Å². The maximum absolute atomic E-state index is 5.28. The molecule has 0 amide bonds. The van der Waals surface area contributed by atoms with Crippen molar-refractivity contribution in [2.45, 2.75) is 25.4 Å². The van der Waals surface area contributed by atoms with E-state index in [0.29, 0.717) is 6.04 Å². The molecular formula is C15H21N3O2. The van der Waals surface area contributed by atoms with Crippen LogP contribution in [-0.2, 0) is 11.3 Å². The molecule has 1 fully saturated rings. The Morgan fingerprint density at radius 3 is 2.90 bits per heavy atom. The average molecular weight is 275 g/mol. The van der Waals surface area contributed by atoms with Gasteiger partial charge in [-0.1, -0.05) is 0 Å². The van der Waals surface area contributed by atoms with Crippen LogP contribution in [0.15, 0.2) is 18.2 Å². The monoisotopic (exact) mass is 275 g/mol. The highest BCUT2D eigenvalue weighted by molar-refractivity contribution is 5.78. The van der Waals surface area contributed by atoms with Gasteiger partial charge in [-0.25, -0.2) is 4.98 Å². The third-order valence-corrected chi connectivity index (χ3v) is 3.65. The van der Waals surface area contributed by atoms with Crippen LogP contribution in [0.5, 0.6) is 5.75 Å². The predicted molar refractivity (Wildman–Crippen MR) is 78.1 cm³/mol. The number of aromatic nitrogens is 2. The summed E-state index contributed by atoms with van der Waals surface area (Å²) in [7, 11) is 3.40. The summed E-state index contributed by atoms with van der Waals surface area (Å²) < 4.78 is 12.7. The molecule has 0 radical (unpaired) electrons. The number of hydrogen-bond donors (Lipinski definition) is 1. The second-order valence-electron chi connectivity index (χ2n) is 5.15. The molecule has 0 unspecified atom stereocenters. The number of imidazole rings is 1. The van der Waals surface area contributed by atoms with E-state index in [4.69, 9.17) is 14.5 Å². The van der Waals surface area contributed by atoms with Gasteiger partial charge < -0.3 is 19.4 Å². The van der Waals surface area contributed by atoms with Crippen LogP contribution in [0.25, 0.3) is 11.0 Å². The van der Waals surface area contributed by atoms with Crippen molar-refractivity contribution in [2.24, 2.45) is 0 Å². The third kappa shape index (κ3) is 2.64. The molecule has 5 nitrogen and oxygen atoms in total. The fourth-order valence-corrected chi connectivity index (χ4v) is 2.49. The maximum Gasteiger partial charge on any atom is 0.124 e. The Labute approximate surface area is 118 Å². The summed E-state index contributed by atoms with van der Waals surface area (Å²) in [6.45, 7) is 2.34. The van der Waals surface area contributed by atoms with Crippen LogP contribution in [0, 0.1) is 0 Å². The molecule has 1 aliphatic rings. The molecule has 1 aromatic heterocycles. The summed E-state index contributed by atoms with van der Waals surface area (Å²) in [5, 5.41) is 3.38. The molecule has 0 saturated heterocycles. The molecule has 0 spiro atoms. The first-order valence-electron chi connectivity index (χ1n) is 7.08. The largest absolute Gasteiger partial charge is 0.497 e. The molecule has 3 rings (SSSR count). The van der Waals surface area contributed by atoms with Gasteiger partial charge in [0.2, 0.25) is 0 Å². The highest BCUT2D eigenvalue weighted by Gasteiger charge is 2.28. The number of nitrogens with zero attached hydrogens (tertiary/aromatic N) is 2. The van der Waals surface area contributed by atoms with Crippen molar-refractivity contribution in [3.8, 4) is 5.75 Å². The number of methoxy groups -OCH3 is 2. The van der Waals surface area contributed by atoms with Gasteiger partial charge in [-0.15, -0.1) is 0 Å². The van der Waals surface area contributed by atoms with E-state index in [0.717, 1.165) is 36.8 Å². The van der Waals surface area contributed by atoms with Gasteiger partial charge in [0.25, 0.3) is 0 Å². The third-order valence-electron chi connectivity index (χ3n) is 3.65. The number of benzene rings is 1. The molecule has 1 N–H and O–H groups in total. The molecule has 1 aromatic carbocycles. The smallest absolute Gasteiger partial charge is 0.124 e. The molecule has 0 aliphatic heterocycles. The molecular weight excluding hydrogens is 254 g/mol. The Hall–Kier alpha value is -1.59. The van der Waals surface area contributed by atoms with Crippen LogP contribution in [0.4, 0.5) is 0 Å². The second-order valence-corrected chi connectivity index (χ2v) is 5.15. The summed E-state index contributed by atoms with van der Waals surface area (Å²) in [4.78, 5) is 4.76. The van der Waals surface area contributed by atoms with E-state index in [1.165, 1.54) is 18.4 Å². The zero-order chi connectivity index (χ0) is 13.9. The van der Waals surface area contributed by atoms with E-state index in [1.54, 1.807) is 14.2 Å². The first-order valence-corrected chi connectivity index (χ1v) is 7.08. The maximum atomic E-state index is 5.28. The number of fused-ring (bicyclic) bond motifs is 1. The van der Waals surface area contributed by atoms with Crippen molar-refractivity contribution in [3.05, 3.63) is 24.0 Å². The highest BCUT2D eigenvalue weighted by Crippen LogP contribution is 2.39. The lowest BCUT2D eigenvalue weighted by Crippen LogP contribution is -2.21. The van der Waals surface area contributed by atoms with Gasteiger partial charge in [0.05, 0.1) is 31.3 Å². The molecule has 1 heterocycles. The van der Waals surface area contributed by atoms with Crippen LogP contribution in [0.1, 0.15) is 24.7 Å². The van der Waals surface area contributed by atoms with Gasteiger partial charge in [-0.05, 0) is 25.0 Å². The minimum absolute atomic E-state index is 0.618. The Bertz CT molecular complexity index is 590. The summed E-state index contributed by atoms with van der Waals surface area (Å²) in [6.07, 6.45) is 2.51. The number of hydrogen-bond acceptors (Lipinski definition) is 4. The van der Waals surface area contributed by atoms with Gasteiger partial charge >= 0.3 is 0 Å². The fraction of sp³-hybridized carbons (Fsp3) is 0.533. The quantitative estimate of drug-likeness (QED) is 0.786. The fourth-order valence-electron chi connectivity index (χ4n) is 2.49. The Morgan fingerprint density at radius 1 is 1.35 bits per heavy atom. The highest BCUT2D eigenvalue weighted by atomic mass is 16.5. The molecule has 1 saturated carbocycles. The van der Waals surface area contributed by atoms with Gasteiger partial charge in [0.1, 0.15) is 11.6 Å². The molecule has 1 aliphatic carbocycles. The molecule has 108 valence electrons. The van der Waals surface area contributed by atoms with E-state index in [-0.39, 0.29) is 0 Å². The van der Waals surface area contributed by atoms with E-state index >= 15 is 0 Å². The summed E-state index contributed by atoms with van der Waals surface area (Å²) >= 11 is 0. The normalized spacial score (nSPS) is 14.9. The molecule has 2 aromatic rings. The van der Waals surface area contributed by atoms with Crippen molar-refractivity contribution >= 4 is 11.0 Å².